The highest BCUT2D eigenvalue weighted by atomic mass is 16.5. The number of carbonyl (C=O) groups excluding carboxylic acids is 1. The third-order valence-electron chi connectivity index (χ3n) is 6.52. The van der Waals surface area contributed by atoms with Crippen molar-refractivity contribution in [2.24, 2.45) is 0 Å². The van der Waals surface area contributed by atoms with Crippen LogP contribution >= 0.6 is 0 Å². The lowest BCUT2D eigenvalue weighted by atomic mass is 10.1. The zero-order chi connectivity index (χ0) is 27.5. The van der Waals surface area contributed by atoms with E-state index in [1.165, 1.54) is 12.3 Å². The van der Waals surface area contributed by atoms with E-state index in [1.807, 2.05) is 55.1 Å². The Balaban J connectivity index is 1.26. The van der Waals surface area contributed by atoms with Crippen molar-refractivity contribution in [1.82, 2.24) is 15.0 Å². The molecule has 4 heterocycles. The van der Waals surface area contributed by atoms with Gasteiger partial charge in [-0.05, 0) is 73.5 Å². The van der Waals surface area contributed by atoms with E-state index in [9.17, 15) is 9.59 Å². The maximum Gasteiger partial charge on any atom is 0.337 e. The molecule has 0 bridgehead atoms. The number of amides is 1. The van der Waals surface area contributed by atoms with Crippen LogP contribution in [0, 0.1) is 6.92 Å². The lowest BCUT2D eigenvalue weighted by Crippen LogP contribution is -2.25. The largest absolute Gasteiger partial charge is 0.493 e. The predicted octanol–water partition coefficient (Wildman–Crippen LogP) is 4.99. The van der Waals surface area contributed by atoms with Crippen molar-refractivity contribution in [2.45, 2.75) is 20.3 Å². The summed E-state index contributed by atoms with van der Waals surface area (Å²) < 4.78 is 6.05. The van der Waals surface area contributed by atoms with Crippen molar-refractivity contribution in [3.8, 4) is 5.75 Å². The van der Waals surface area contributed by atoms with Gasteiger partial charge in [0.2, 0.25) is 0 Å². The van der Waals surface area contributed by atoms with Gasteiger partial charge in [0, 0.05) is 44.3 Å². The second kappa shape index (κ2) is 10.8. The Kier molecular flexibility index (Phi) is 7.09. The summed E-state index contributed by atoms with van der Waals surface area (Å²) >= 11 is 0. The molecule has 1 amide bonds. The van der Waals surface area contributed by atoms with Gasteiger partial charge in [-0.25, -0.2) is 19.7 Å². The Bertz CT molecular complexity index is 1540. The summed E-state index contributed by atoms with van der Waals surface area (Å²) in [6.45, 7) is 5.00. The van der Waals surface area contributed by atoms with Crippen molar-refractivity contribution in [3.05, 3.63) is 89.4 Å². The summed E-state index contributed by atoms with van der Waals surface area (Å²) in [5, 5.41) is 12.2. The number of ether oxygens (including phenoxy) is 1. The monoisotopic (exact) mass is 524 g/mol. The first kappa shape index (κ1) is 25.7. The molecule has 0 radical (unpaired) electrons. The van der Waals surface area contributed by atoms with Crippen LogP contribution in [0.1, 0.15) is 38.8 Å². The van der Waals surface area contributed by atoms with Gasteiger partial charge in [-0.15, -0.1) is 0 Å². The number of aromatic nitrogens is 3. The number of aryl methyl sites for hydroxylation is 1. The lowest BCUT2D eigenvalue weighted by Gasteiger charge is -2.22. The van der Waals surface area contributed by atoms with Crippen LogP contribution in [0.3, 0.4) is 0 Å². The molecule has 3 aromatic heterocycles. The van der Waals surface area contributed by atoms with Crippen molar-refractivity contribution >= 4 is 40.7 Å². The van der Waals surface area contributed by atoms with Crippen LogP contribution < -0.4 is 19.9 Å². The number of rotatable bonds is 8. The Labute approximate surface area is 225 Å². The number of pyridine rings is 3. The summed E-state index contributed by atoms with van der Waals surface area (Å²) in [7, 11) is 1.75. The standard InChI is InChI=1S/C29H28N6O4/c1-4-35-26-22(28(36)34(3)23-6-5-12-30-27(23)35)15-19(16-32-26)11-13-39-24-9-8-21(14-18(24)2)33-25-10-7-20(17-31-25)29(37)38/h5-10,12,14-17H,4,11,13H2,1-3H3,(H,31,33)(H,37,38). The first-order valence-electron chi connectivity index (χ1n) is 12.5. The van der Waals surface area contributed by atoms with Crippen LogP contribution in [-0.2, 0) is 6.42 Å². The number of carboxylic acid groups (broad SMARTS) is 1. The van der Waals surface area contributed by atoms with Gasteiger partial charge in [0.15, 0.2) is 5.82 Å². The summed E-state index contributed by atoms with van der Waals surface area (Å²) in [4.78, 5) is 41.2. The molecular formula is C29H28N6O4. The highest BCUT2D eigenvalue weighted by Crippen LogP contribution is 2.37. The van der Waals surface area contributed by atoms with Crippen molar-refractivity contribution < 1.29 is 19.4 Å². The quantitative estimate of drug-likeness (QED) is 0.328. The van der Waals surface area contributed by atoms with E-state index >= 15 is 0 Å². The minimum Gasteiger partial charge on any atom is -0.493 e. The van der Waals surface area contributed by atoms with Crippen LogP contribution in [0.5, 0.6) is 5.75 Å². The fourth-order valence-corrected chi connectivity index (χ4v) is 4.47. The number of benzene rings is 1. The van der Waals surface area contributed by atoms with Gasteiger partial charge in [-0.1, -0.05) is 0 Å². The van der Waals surface area contributed by atoms with Crippen molar-refractivity contribution in [2.75, 3.05) is 35.3 Å². The molecule has 0 atom stereocenters. The molecule has 1 aromatic carbocycles. The van der Waals surface area contributed by atoms with E-state index in [0.29, 0.717) is 42.6 Å². The third kappa shape index (κ3) is 5.22. The highest BCUT2D eigenvalue weighted by molar-refractivity contribution is 6.12. The summed E-state index contributed by atoms with van der Waals surface area (Å²) in [6, 6.07) is 14.4. The van der Waals surface area contributed by atoms with E-state index in [0.717, 1.165) is 28.3 Å². The average Bonchev–Trinajstić information content (AvgIpc) is 3.03. The molecule has 2 N–H and O–H groups in total. The minimum atomic E-state index is -1.02. The fourth-order valence-electron chi connectivity index (χ4n) is 4.47. The SMILES string of the molecule is CCN1c2ncc(CCOc3ccc(Nc4ccc(C(=O)O)cn4)cc3C)cc2C(=O)N(C)c2cccnc21. The molecule has 1 aliphatic rings. The van der Waals surface area contributed by atoms with Crippen LogP contribution in [0.25, 0.3) is 0 Å². The smallest absolute Gasteiger partial charge is 0.337 e. The third-order valence-corrected chi connectivity index (χ3v) is 6.52. The molecule has 0 fully saturated rings. The predicted molar refractivity (Wildman–Crippen MR) is 149 cm³/mol. The second-order valence-electron chi connectivity index (χ2n) is 9.11. The second-order valence-corrected chi connectivity index (χ2v) is 9.11. The molecule has 1 aliphatic heterocycles. The van der Waals surface area contributed by atoms with Crippen LogP contribution in [0.4, 0.5) is 28.8 Å². The van der Waals surface area contributed by atoms with Gasteiger partial charge in [0.05, 0.1) is 23.4 Å². The number of hydrogen-bond donors (Lipinski definition) is 2. The van der Waals surface area contributed by atoms with Gasteiger partial charge in [0.1, 0.15) is 17.4 Å². The summed E-state index contributed by atoms with van der Waals surface area (Å²) in [6.07, 6.45) is 5.40. The molecular weight excluding hydrogens is 496 g/mol. The van der Waals surface area contributed by atoms with Gasteiger partial charge < -0.3 is 25.0 Å². The number of anilines is 5. The minimum absolute atomic E-state index is 0.128. The first-order chi connectivity index (χ1) is 18.9. The Hall–Kier alpha value is -4.99. The Morgan fingerprint density at radius 3 is 2.62 bits per heavy atom. The fraction of sp³-hybridized carbons (Fsp3) is 0.207. The van der Waals surface area contributed by atoms with E-state index in [2.05, 4.69) is 20.3 Å². The number of nitrogens with one attached hydrogen (secondary N) is 1. The Morgan fingerprint density at radius 1 is 1.05 bits per heavy atom. The van der Waals surface area contributed by atoms with Crippen molar-refractivity contribution in [1.29, 1.82) is 0 Å². The average molecular weight is 525 g/mol. The summed E-state index contributed by atoms with van der Waals surface area (Å²) in [5.74, 6) is 1.45. The highest BCUT2D eigenvalue weighted by Gasteiger charge is 2.30. The molecule has 10 nitrogen and oxygen atoms in total. The van der Waals surface area contributed by atoms with E-state index in [1.54, 1.807) is 30.4 Å². The number of carboxylic acids is 1. The van der Waals surface area contributed by atoms with Crippen LogP contribution in [0.15, 0.2) is 67.1 Å². The number of carbonyl (C=O) groups is 2. The Morgan fingerprint density at radius 2 is 1.90 bits per heavy atom. The normalized spacial score (nSPS) is 12.4. The molecule has 0 saturated carbocycles. The number of aromatic carboxylic acids is 1. The first-order valence-corrected chi connectivity index (χ1v) is 12.5. The van der Waals surface area contributed by atoms with Crippen LogP contribution in [0.2, 0.25) is 0 Å². The van der Waals surface area contributed by atoms with E-state index < -0.39 is 5.97 Å². The molecule has 0 unspecified atom stereocenters. The number of hydrogen-bond acceptors (Lipinski definition) is 8. The molecule has 0 aliphatic carbocycles. The van der Waals surface area contributed by atoms with E-state index in [-0.39, 0.29) is 11.5 Å². The number of fused-ring (bicyclic) bond motifs is 2. The molecule has 4 aromatic rings. The van der Waals surface area contributed by atoms with Crippen LogP contribution in [-0.4, -0.2) is 52.1 Å². The lowest BCUT2D eigenvalue weighted by molar-refractivity contribution is 0.0696. The maximum absolute atomic E-state index is 13.3. The maximum atomic E-state index is 13.3. The summed E-state index contributed by atoms with van der Waals surface area (Å²) in [5.41, 5.74) is 4.05. The topological polar surface area (TPSA) is 121 Å². The van der Waals surface area contributed by atoms with E-state index in [4.69, 9.17) is 9.84 Å². The molecule has 0 saturated heterocycles. The molecule has 0 spiro atoms. The van der Waals surface area contributed by atoms with Gasteiger partial charge >= 0.3 is 5.97 Å². The molecule has 198 valence electrons. The zero-order valence-corrected chi connectivity index (χ0v) is 21.9. The molecule has 5 rings (SSSR count). The molecule has 39 heavy (non-hydrogen) atoms. The van der Waals surface area contributed by atoms with Crippen molar-refractivity contribution in [3.63, 3.8) is 0 Å². The zero-order valence-electron chi connectivity index (χ0n) is 21.9. The number of nitrogens with zero attached hydrogens (tertiary/aromatic N) is 5. The molecule has 10 heteroatoms. The van der Waals surface area contributed by atoms with Gasteiger partial charge in [-0.2, -0.15) is 0 Å². The van der Waals surface area contributed by atoms with Gasteiger partial charge in [0.25, 0.3) is 5.91 Å². The van der Waals surface area contributed by atoms with Gasteiger partial charge in [-0.3, -0.25) is 4.79 Å².